The Morgan fingerprint density at radius 3 is 3.24 bits per heavy atom. The normalized spacial score (nSPS) is 21.6. The average molecular weight is 254 g/mol. The van der Waals surface area contributed by atoms with Gasteiger partial charge in [0.15, 0.2) is 0 Å². The lowest BCUT2D eigenvalue weighted by Gasteiger charge is -2.36. The fourth-order valence-electron chi connectivity index (χ4n) is 2.38. The summed E-state index contributed by atoms with van der Waals surface area (Å²) in [5.74, 6) is 0. The highest BCUT2D eigenvalue weighted by atomic mass is 35.5. The molecule has 1 atom stereocenters. The first-order chi connectivity index (χ1) is 8.31. The van der Waals surface area contributed by atoms with Crippen LogP contribution in [0.1, 0.15) is 25.3 Å². The molecule has 2 rings (SSSR count). The quantitative estimate of drug-likeness (QED) is 0.893. The van der Waals surface area contributed by atoms with E-state index in [-0.39, 0.29) is 0 Å². The molecule has 1 aromatic heterocycles. The number of nitrogens with zero attached hydrogens (tertiary/aromatic N) is 2. The van der Waals surface area contributed by atoms with Crippen LogP contribution in [0.4, 0.5) is 0 Å². The molecule has 94 valence electrons. The number of rotatable bonds is 4. The van der Waals surface area contributed by atoms with Crippen molar-refractivity contribution in [1.82, 2.24) is 15.2 Å². The van der Waals surface area contributed by atoms with Crippen molar-refractivity contribution in [1.29, 1.82) is 0 Å². The zero-order chi connectivity index (χ0) is 12.1. The first-order valence-corrected chi connectivity index (χ1v) is 6.72. The van der Waals surface area contributed by atoms with E-state index in [0.717, 1.165) is 31.2 Å². The third kappa shape index (κ3) is 3.41. The lowest BCUT2D eigenvalue weighted by molar-refractivity contribution is 0.144. The van der Waals surface area contributed by atoms with Gasteiger partial charge >= 0.3 is 0 Å². The van der Waals surface area contributed by atoms with Gasteiger partial charge in [0.1, 0.15) is 0 Å². The van der Waals surface area contributed by atoms with Crippen molar-refractivity contribution < 1.29 is 0 Å². The van der Waals surface area contributed by atoms with Crippen LogP contribution in [0.5, 0.6) is 0 Å². The Morgan fingerprint density at radius 1 is 1.59 bits per heavy atom. The predicted octanol–water partition coefficient (Wildman–Crippen LogP) is 2.31. The monoisotopic (exact) mass is 253 g/mol. The number of nitrogens with one attached hydrogen (secondary N) is 1. The fraction of sp³-hybridized carbons (Fsp3) is 0.615. The Morgan fingerprint density at radius 2 is 2.47 bits per heavy atom. The summed E-state index contributed by atoms with van der Waals surface area (Å²) in [6, 6.07) is 2.66. The van der Waals surface area contributed by atoms with E-state index in [1.54, 1.807) is 6.20 Å². The molecule has 3 nitrogen and oxygen atoms in total. The van der Waals surface area contributed by atoms with E-state index >= 15 is 0 Å². The van der Waals surface area contributed by atoms with Crippen LogP contribution < -0.4 is 5.32 Å². The summed E-state index contributed by atoms with van der Waals surface area (Å²) in [5.41, 5.74) is 1.18. The highest BCUT2D eigenvalue weighted by molar-refractivity contribution is 6.31. The number of piperazine rings is 1. The minimum Gasteiger partial charge on any atom is -0.314 e. The fourth-order valence-corrected chi connectivity index (χ4v) is 2.56. The summed E-state index contributed by atoms with van der Waals surface area (Å²) < 4.78 is 0. The maximum absolute atomic E-state index is 6.16. The zero-order valence-electron chi connectivity index (χ0n) is 10.3. The van der Waals surface area contributed by atoms with Gasteiger partial charge in [0.25, 0.3) is 0 Å². The summed E-state index contributed by atoms with van der Waals surface area (Å²) in [4.78, 5) is 6.56. The lowest BCUT2D eigenvalue weighted by atomic mass is 10.1. The van der Waals surface area contributed by atoms with Crippen LogP contribution >= 0.6 is 11.6 Å². The molecule has 1 fully saturated rings. The van der Waals surface area contributed by atoms with Crippen molar-refractivity contribution in [3.05, 3.63) is 29.0 Å². The smallest absolute Gasteiger partial charge is 0.0634 e. The number of aromatic nitrogens is 1. The van der Waals surface area contributed by atoms with Gasteiger partial charge in [-0.25, -0.2) is 0 Å². The van der Waals surface area contributed by atoms with Crippen LogP contribution in [0.25, 0.3) is 0 Å². The predicted molar refractivity (Wildman–Crippen MR) is 71.2 cm³/mol. The molecule has 4 heteroatoms. The van der Waals surface area contributed by atoms with Crippen molar-refractivity contribution in [2.45, 2.75) is 32.4 Å². The average Bonchev–Trinajstić information content (AvgIpc) is 2.35. The van der Waals surface area contributed by atoms with Gasteiger partial charge in [0, 0.05) is 44.6 Å². The first kappa shape index (κ1) is 12.8. The van der Waals surface area contributed by atoms with Crippen LogP contribution in [0.15, 0.2) is 18.5 Å². The summed E-state index contributed by atoms with van der Waals surface area (Å²) in [6.07, 6.45) is 6.02. The molecule has 17 heavy (non-hydrogen) atoms. The van der Waals surface area contributed by atoms with Gasteiger partial charge in [-0.2, -0.15) is 0 Å². The topological polar surface area (TPSA) is 28.2 Å². The van der Waals surface area contributed by atoms with Crippen LogP contribution in [-0.4, -0.2) is 35.6 Å². The minimum absolute atomic E-state index is 0.637. The molecule has 1 aromatic rings. The number of hydrogen-bond acceptors (Lipinski definition) is 3. The number of hydrogen-bond donors (Lipinski definition) is 1. The highest BCUT2D eigenvalue weighted by Gasteiger charge is 2.21. The number of pyridine rings is 1. The Hall–Kier alpha value is -0.640. The third-order valence-electron chi connectivity index (χ3n) is 3.32. The standard InChI is InChI=1S/C13H20ClN3/c1-2-3-12-8-16-6-7-17(12)10-11-4-5-15-9-13(11)14/h4-5,9,12,16H,2-3,6-8,10H2,1H3. The van der Waals surface area contributed by atoms with E-state index in [0.29, 0.717) is 6.04 Å². The van der Waals surface area contributed by atoms with Gasteiger partial charge in [-0.1, -0.05) is 24.9 Å². The molecule has 1 unspecified atom stereocenters. The lowest BCUT2D eigenvalue weighted by Crippen LogP contribution is -2.50. The maximum atomic E-state index is 6.16. The van der Waals surface area contributed by atoms with Crippen molar-refractivity contribution in [2.75, 3.05) is 19.6 Å². The van der Waals surface area contributed by atoms with Gasteiger partial charge < -0.3 is 5.32 Å². The van der Waals surface area contributed by atoms with Gasteiger partial charge in [0.05, 0.1) is 5.02 Å². The van der Waals surface area contributed by atoms with E-state index in [4.69, 9.17) is 11.6 Å². The molecule has 1 aliphatic heterocycles. The molecule has 1 saturated heterocycles. The SMILES string of the molecule is CCCC1CNCCN1Cc1ccncc1Cl. The zero-order valence-corrected chi connectivity index (χ0v) is 11.1. The molecular formula is C13H20ClN3. The second-order valence-corrected chi connectivity index (χ2v) is 4.99. The molecule has 0 saturated carbocycles. The van der Waals surface area contributed by atoms with Gasteiger partial charge in [-0.15, -0.1) is 0 Å². The molecule has 0 amide bonds. The Labute approximate surface area is 108 Å². The highest BCUT2D eigenvalue weighted by Crippen LogP contribution is 2.19. The Balaban J connectivity index is 2.03. The van der Waals surface area contributed by atoms with Crippen molar-refractivity contribution >= 4 is 11.6 Å². The summed E-state index contributed by atoms with van der Waals surface area (Å²) >= 11 is 6.16. The molecule has 1 N–H and O–H groups in total. The van der Waals surface area contributed by atoms with Crippen molar-refractivity contribution in [3.63, 3.8) is 0 Å². The van der Waals surface area contributed by atoms with Crippen LogP contribution in [-0.2, 0) is 6.54 Å². The summed E-state index contributed by atoms with van der Waals surface area (Å²) in [5, 5.41) is 4.24. The van der Waals surface area contributed by atoms with Crippen LogP contribution in [0, 0.1) is 0 Å². The molecule has 1 aliphatic rings. The number of halogens is 1. The first-order valence-electron chi connectivity index (χ1n) is 6.34. The Bertz CT molecular complexity index is 354. The Kier molecular flexibility index (Phi) is 4.77. The van der Waals surface area contributed by atoms with Gasteiger partial charge in [-0.3, -0.25) is 9.88 Å². The van der Waals surface area contributed by atoms with E-state index < -0.39 is 0 Å². The van der Waals surface area contributed by atoms with E-state index in [2.05, 4.69) is 22.1 Å². The maximum Gasteiger partial charge on any atom is 0.0634 e. The van der Waals surface area contributed by atoms with E-state index in [9.17, 15) is 0 Å². The minimum atomic E-state index is 0.637. The molecule has 0 radical (unpaired) electrons. The largest absolute Gasteiger partial charge is 0.314 e. The molecular weight excluding hydrogens is 234 g/mol. The molecule has 0 spiro atoms. The van der Waals surface area contributed by atoms with Crippen LogP contribution in [0.2, 0.25) is 5.02 Å². The molecule has 2 heterocycles. The summed E-state index contributed by atoms with van der Waals surface area (Å²) in [6.45, 7) is 6.45. The molecule has 0 aromatic carbocycles. The van der Waals surface area contributed by atoms with Gasteiger partial charge in [-0.05, 0) is 18.1 Å². The molecule has 0 aliphatic carbocycles. The van der Waals surface area contributed by atoms with Crippen molar-refractivity contribution in [2.24, 2.45) is 0 Å². The van der Waals surface area contributed by atoms with Crippen molar-refractivity contribution in [3.8, 4) is 0 Å². The second-order valence-electron chi connectivity index (χ2n) is 4.58. The van der Waals surface area contributed by atoms with E-state index in [1.165, 1.54) is 18.4 Å². The molecule has 0 bridgehead atoms. The van der Waals surface area contributed by atoms with E-state index in [1.807, 2.05) is 12.3 Å². The summed E-state index contributed by atoms with van der Waals surface area (Å²) in [7, 11) is 0. The third-order valence-corrected chi connectivity index (χ3v) is 3.66. The van der Waals surface area contributed by atoms with Gasteiger partial charge in [0.2, 0.25) is 0 Å². The second kappa shape index (κ2) is 6.34. The van der Waals surface area contributed by atoms with Crippen LogP contribution in [0.3, 0.4) is 0 Å².